The van der Waals surface area contributed by atoms with Crippen molar-refractivity contribution in [2.24, 2.45) is 0 Å². The van der Waals surface area contributed by atoms with E-state index in [1.807, 2.05) is 13.0 Å². The highest BCUT2D eigenvalue weighted by Gasteiger charge is 2.30. The van der Waals surface area contributed by atoms with Crippen molar-refractivity contribution in [1.82, 2.24) is 25.2 Å². The van der Waals surface area contributed by atoms with Gasteiger partial charge in [-0.1, -0.05) is 5.16 Å². The van der Waals surface area contributed by atoms with Gasteiger partial charge < -0.3 is 8.94 Å². The molecule has 3 heterocycles. The zero-order chi connectivity index (χ0) is 15.8. The van der Waals surface area contributed by atoms with Crippen LogP contribution >= 0.6 is 0 Å². The molecule has 1 aliphatic heterocycles. The third-order valence-corrected chi connectivity index (χ3v) is 4.73. The van der Waals surface area contributed by atoms with Crippen molar-refractivity contribution in [3.8, 4) is 0 Å². The molecule has 1 aliphatic carbocycles. The number of likely N-dealkylation sites (N-methyl/N-ethyl adjacent to an activating group) is 1. The molecule has 2 aliphatic rings. The van der Waals surface area contributed by atoms with Gasteiger partial charge in [0.05, 0.1) is 12.2 Å². The number of rotatable bonds is 6. The molecule has 1 saturated carbocycles. The topological polar surface area (TPSA) is 71.4 Å². The lowest BCUT2D eigenvalue weighted by molar-refractivity contribution is 0.202. The molecule has 23 heavy (non-hydrogen) atoms. The standard InChI is InChI=1S/C16H23N5O2/c1-11-7-13(19-23-11)8-21-6-5-14(9-21)20(2)10-15-17-18-16(22-15)12-3-4-12/h7,12,14H,3-6,8-10H2,1-2H3/t14-/m1/s1. The normalized spacial score (nSPS) is 22.3. The number of likely N-dealkylation sites (tertiary alicyclic amines) is 1. The maximum Gasteiger partial charge on any atom is 0.230 e. The third-order valence-electron chi connectivity index (χ3n) is 4.73. The average molecular weight is 317 g/mol. The molecule has 0 radical (unpaired) electrons. The predicted molar refractivity (Wildman–Crippen MR) is 82.7 cm³/mol. The summed E-state index contributed by atoms with van der Waals surface area (Å²) >= 11 is 0. The van der Waals surface area contributed by atoms with Crippen LogP contribution in [-0.4, -0.2) is 51.3 Å². The number of hydrogen-bond donors (Lipinski definition) is 0. The van der Waals surface area contributed by atoms with Gasteiger partial charge in [-0.25, -0.2) is 0 Å². The summed E-state index contributed by atoms with van der Waals surface area (Å²) in [4.78, 5) is 4.74. The summed E-state index contributed by atoms with van der Waals surface area (Å²) in [6.45, 7) is 5.62. The Morgan fingerprint density at radius 2 is 2.17 bits per heavy atom. The van der Waals surface area contributed by atoms with E-state index in [0.717, 1.165) is 55.8 Å². The zero-order valence-electron chi connectivity index (χ0n) is 13.7. The highest BCUT2D eigenvalue weighted by Crippen LogP contribution is 2.39. The fourth-order valence-electron chi connectivity index (χ4n) is 3.21. The second-order valence-electron chi connectivity index (χ2n) is 6.83. The second-order valence-corrected chi connectivity index (χ2v) is 6.83. The zero-order valence-corrected chi connectivity index (χ0v) is 13.7. The van der Waals surface area contributed by atoms with Crippen molar-refractivity contribution in [2.75, 3.05) is 20.1 Å². The predicted octanol–water partition coefficient (Wildman–Crippen LogP) is 1.95. The minimum atomic E-state index is 0.513. The fourth-order valence-corrected chi connectivity index (χ4v) is 3.21. The Kier molecular flexibility index (Phi) is 3.90. The molecule has 0 aromatic carbocycles. The molecular weight excluding hydrogens is 294 g/mol. The van der Waals surface area contributed by atoms with Crippen molar-refractivity contribution < 1.29 is 8.94 Å². The molecule has 2 fully saturated rings. The molecule has 4 rings (SSSR count). The van der Waals surface area contributed by atoms with E-state index in [2.05, 4.69) is 32.2 Å². The van der Waals surface area contributed by atoms with Crippen LogP contribution in [0.2, 0.25) is 0 Å². The first-order chi connectivity index (χ1) is 11.2. The van der Waals surface area contributed by atoms with Crippen LogP contribution in [0.3, 0.4) is 0 Å². The summed E-state index contributed by atoms with van der Waals surface area (Å²) in [5, 5.41) is 12.4. The summed E-state index contributed by atoms with van der Waals surface area (Å²) in [6, 6.07) is 2.52. The molecular formula is C16H23N5O2. The van der Waals surface area contributed by atoms with Gasteiger partial charge >= 0.3 is 0 Å². The van der Waals surface area contributed by atoms with E-state index in [1.54, 1.807) is 0 Å². The monoisotopic (exact) mass is 317 g/mol. The lowest BCUT2D eigenvalue weighted by Gasteiger charge is -2.22. The molecule has 124 valence electrons. The number of nitrogens with zero attached hydrogens (tertiary/aromatic N) is 5. The van der Waals surface area contributed by atoms with Crippen LogP contribution in [-0.2, 0) is 13.1 Å². The third kappa shape index (κ3) is 3.45. The first-order valence-electron chi connectivity index (χ1n) is 8.34. The molecule has 7 heteroatoms. The highest BCUT2D eigenvalue weighted by molar-refractivity contribution is 5.04. The molecule has 0 unspecified atom stereocenters. The quantitative estimate of drug-likeness (QED) is 0.806. The Morgan fingerprint density at radius 1 is 1.30 bits per heavy atom. The van der Waals surface area contributed by atoms with Gasteiger partial charge in [-0.15, -0.1) is 10.2 Å². The maximum atomic E-state index is 5.76. The Balaban J connectivity index is 1.29. The Labute approximate surface area is 135 Å². The van der Waals surface area contributed by atoms with Crippen LogP contribution < -0.4 is 0 Å². The largest absolute Gasteiger partial charge is 0.424 e. The molecule has 0 N–H and O–H groups in total. The first kappa shape index (κ1) is 14.8. The first-order valence-corrected chi connectivity index (χ1v) is 8.34. The van der Waals surface area contributed by atoms with Crippen LogP contribution in [0.15, 0.2) is 15.0 Å². The van der Waals surface area contributed by atoms with Crippen molar-refractivity contribution in [1.29, 1.82) is 0 Å². The summed E-state index contributed by atoms with van der Waals surface area (Å²) in [5.74, 6) is 2.95. The van der Waals surface area contributed by atoms with Gasteiger partial charge in [0.25, 0.3) is 0 Å². The SMILES string of the molecule is Cc1cc(CN2CC[C@@H](N(C)Cc3nnc(C4CC4)o3)C2)no1. The molecule has 2 aromatic rings. The maximum absolute atomic E-state index is 5.76. The van der Waals surface area contributed by atoms with Gasteiger partial charge in [0.1, 0.15) is 5.76 Å². The average Bonchev–Trinajstić information content (AvgIpc) is 2.93. The minimum absolute atomic E-state index is 0.513. The van der Waals surface area contributed by atoms with E-state index in [0.29, 0.717) is 12.0 Å². The summed E-state index contributed by atoms with van der Waals surface area (Å²) < 4.78 is 10.9. The van der Waals surface area contributed by atoms with E-state index in [4.69, 9.17) is 8.94 Å². The van der Waals surface area contributed by atoms with E-state index in [-0.39, 0.29) is 0 Å². The van der Waals surface area contributed by atoms with E-state index >= 15 is 0 Å². The van der Waals surface area contributed by atoms with E-state index in [9.17, 15) is 0 Å². The lowest BCUT2D eigenvalue weighted by atomic mass is 10.2. The van der Waals surface area contributed by atoms with Gasteiger partial charge in [-0.05, 0) is 33.2 Å². The smallest absolute Gasteiger partial charge is 0.230 e. The van der Waals surface area contributed by atoms with Gasteiger partial charge in [-0.3, -0.25) is 9.80 Å². The van der Waals surface area contributed by atoms with Crippen LogP contribution in [0.1, 0.15) is 48.4 Å². The molecule has 0 bridgehead atoms. The summed E-state index contributed by atoms with van der Waals surface area (Å²) in [7, 11) is 2.13. The summed E-state index contributed by atoms with van der Waals surface area (Å²) in [6.07, 6.45) is 3.53. The summed E-state index contributed by atoms with van der Waals surface area (Å²) in [5.41, 5.74) is 1.01. The molecule has 1 atom stereocenters. The van der Waals surface area contributed by atoms with Crippen LogP contribution in [0, 0.1) is 6.92 Å². The van der Waals surface area contributed by atoms with Gasteiger partial charge in [-0.2, -0.15) is 0 Å². The van der Waals surface area contributed by atoms with Crippen LogP contribution in [0.4, 0.5) is 0 Å². The molecule has 1 saturated heterocycles. The Bertz CT molecular complexity index is 663. The molecule has 2 aromatic heterocycles. The van der Waals surface area contributed by atoms with Gasteiger partial charge in [0, 0.05) is 37.7 Å². The van der Waals surface area contributed by atoms with Gasteiger partial charge in [0.15, 0.2) is 0 Å². The second kappa shape index (κ2) is 6.05. The molecule has 0 spiro atoms. The Morgan fingerprint density at radius 3 is 2.91 bits per heavy atom. The van der Waals surface area contributed by atoms with Crippen molar-refractivity contribution in [3.05, 3.63) is 29.3 Å². The Hall–Kier alpha value is -1.73. The van der Waals surface area contributed by atoms with E-state index in [1.165, 1.54) is 12.8 Å². The van der Waals surface area contributed by atoms with Crippen molar-refractivity contribution in [3.63, 3.8) is 0 Å². The lowest BCUT2D eigenvalue weighted by Crippen LogP contribution is -2.34. The number of aryl methyl sites for hydroxylation is 1. The van der Waals surface area contributed by atoms with Crippen LogP contribution in [0.5, 0.6) is 0 Å². The van der Waals surface area contributed by atoms with Gasteiger partial charge in [0.2, 0.25) is 11.8 Å². The number of hydrogen-bond acceptors (Lipinski definition) is 7. The highest BCUT2D eigenvalue weighted by atomic mass is 16.5. The molecule has 0 amide bonds. The van der Waals surface area contributed by atoms with Crippen molar-refractivity contribution in [2.45, 2.75) is 51.2 Å². The van der Waals surface area contributed by atoms with Crippen LogP contribution in [0.25, 0.3) is 0 Å². The van der Waals surface area contributed by atoms with E-state index < -0.39 is 0 Å². The van der Waals surface area contributed by atoms with Crippen molar-refractivity contribution >= 4 is 0 Å². The fraction of sp³-hybridized carbons (Fsp3) is 0.688. The number of aromatic nitrogens is 3. The molecule has 7 nitrogen and oxygen atoms in total. The minimum Gasteiger partial charge on any atom is -0.424 e.